The Morgan fingerprint density at radius 3 is 2.80 bits per heavy atom. The molecule has 1 heterocycles. The number of pyridine rings is 1. The molecule has 1 aromatic rings. The second-order valence-electron chi connectivity index (χ2n) is 4.45. The summed E-state index contributed by atoms with van der Waals surface area (Å²) in [6.07, 6.45) is 0.977. The Labute approximate surface area is 123 Å². The molecule has 0 amide bonds. The summed E-state index contributed by atoms with van der Waals surface area (Å²) < 4.78 is 0. The molecular weight excluding hydrogens is 276 g/mol. The van der Waals surface area contributed by atoms with Gasteiger partial charge in [-0.05, 0) is 25.2 Å². The van der Waals surface area contributed by atoms with E-state index in [4.69, 9.17) is 0 Å². The molecule has 0 bridgehead atoms. The van der Waals surface area contributed by atoms with Crippen LogP contribution >= 0.6 is 11.8 Å². The zero-order valence-corrected chi connectivity index (χ0v) is 13.0. The van der Waals surface area contributed by atoms with Crippen molar-refractivity contribution in [3.05, 3.63) is 22.2 Å². The van der Waals surface area contributed by atoms with Crippen LogP contribution in [-0.2, 0) is 0 Å². The van der Waals surface area contributed by atoms with E-state index in [0.717, 1.165) is 24.5 Å². The molecule has 0 fully saturated rings. The molecule has 0 saturated heterocycles. The highest BCUT2D eigenvalue weighted by atomic mass is 32.2. The maximum atomic E-state index is 11.0. The number of nitro groups is 1. The van der Waals surface area contributed by atoms with E-state index in [1.807, 2.05) is 6.92 Å². The zero-order chi connectivity index (χ0) is 15.0. The number of hydrogen-bond acceptors (Lipinski definition) is 6. The Kier molecular flexibility index (Phi) is 7.14. The minimum atomic E-state index is -0.404. The zero-order valence-electron chi connectivity index (χ0n) is 12.2. The van der Waals surface area contributed by atoms with Crippen molar-refractivity contribution in [3.63, 3.8) is 0 Å². The smallest absolute Gasteiger partial charge is 0.311 e. The predicted molar refractivity (Wildman–Crippen MR) is 85.8 cm³/mol. The van der Waals surface area contributed by atoms with E-state index < -0.39 is 4.92 Å². The lowest BCUT2D eigenvalue weighted by atomic mass is 10.3. The molecule has 0 aliphatic heterocycles. The third-order valence-electron chi connectivity index (χ3n) is 2.58. The van der Waals surface area contributed by atoms with Gasteiger partial charge >= 0.3 is 5.69 Å². The molecule has 1 unspecified atom stereocenters. The highest BCUT2D eigenvalue weighted by Crippen LogP contribution is 2.25. The van der Waals surface area contributed by atoms with Gasteiger partial charge in [-0.25, -0.2) is 4.98 Å². The molecule has 0 saturated carbocycles. The van der Waals surface area contributed by atoms with Crippen LogP contribution in [0.2, 0.25) is 0 Å². The first-order valence-corrected chi connectivity index (χ1v) is 7.97. The van der Waals surface area contributed by atoms with Crippen LogP contribution in [0.3, 0.4) is 0 Å². The Hall–Kier alpha value is -1.50. The van der Waals surface area contributed by atoms with Crippen molar-refractivity contribution >= 4 is 29.1 Å². The first-order chi connectivity index (χ1) is 9.58. The quantitative estimate of drug-likeness (QED) is 0.537. The highest BCUT2D eigenvalue weighted by molar-refractivity contribution is 7.99. The van der Waals surface area contributed by atoms with Crippen molar-refractivity contribution in [3.8, 4) is 0 Å². The first-order valence-electron chi connectivity index (χ1n) is 6.82. The van der Waals surface area contributed by atoms with Gasteiger partial charge in [0.05, 0.1) is 4.92 Å². The monoisotopic (exact) mass is 298 g/mol. The highest BCUT2D eigenvalue weighted by Gasteiger charge is 2.17. The van der Waals surface area contributed by atoms with E-state index in [0.29, 0.717) is 11.6 Å². The summed E-state index contributed by atoms with van der Waals surface area (Å²) in [7, 11) is 0. The largest absolute Gasteiger partial charge is 0.370 e. The maximum Gasteiger partial charge on any atom is 0.311 e. The first kappa shape index (κ1) is 16.6. The van der Waals surface area contributed by atoms with E-state index in [9.17, 15) is 10.1 Å². The van der Waals surface area contributed by atoms with Crippen LogP contribution in [0.4, 0.5) is 17.3 Å². The minimum absolute atomic E-state index is 0.0143. The van der Waals surface area contributed by atoms with Gasteiger partial charge in [0.25, 0.3) is 0 Å². The van der Waals surface area contributed by atoms with Gasteiger partial charge in [-0.2, -0.15) is 11.8 Å². The number of nitrogens with one attached hydrogen (secondary N) is 2. The van der Waals surface area contributed by atoms with Crippen molar-refractivity contribution in [2.45, 2.75) is 33.2 Å². The molecule has 6 nitrogen and oxygen atoms in total. The lowest BCUT2D eigenvalue weighted by molar-refractivity contribution is -0.384. The van der Waals surface area contributed by atoms with Crippen LogP contribution in [0, 0.1) is 10.1 Å². The molecular formula is C13H22N4O2S. The SMILES string of the molecule is CCCNc1ccc([N+](=O)[O-])c(NC(C)CSCC)n1. The fraction of sp³-hybridized carbons (Fsp3) is 0.615. The lowest BCUT2D eigenvalue weighted by Gasteiger charge is -2.14. The average Bonchev–Trinajstić information content (AvgIpc) is 2.42. The van der Waals surface area contributed by atoms with E-state index in [-0.39, 0.29) is 11.7 Å². The third kappa shape index (κ3) is 5.24. The lowest BCUT2D eigenvalue weighted by Crippen LogP contribution is -2.20. The summed E-state index contributed by atoms with van der Waals surface area (Å²) in [5, 5.41) is 17.3. The van der Waals surface area contributed by atoms with Crippen LogP contribution in [0.25, 0.3) is 0 Å². The molecule has 20 heavy (non-hydrogen) atoms. The molecule has 0 aliphatic rings. The van der Waals surface area contributed by atoms with Gasteiger partial charge in [-0.1, -0.05) is 13.8 Å². The van der Waals surface area contributed by atoms with E-state index in [2.05, 4.69) is 29.5 Å². The molecule has 1 aromatic heterocycles. The van der Waals surface area contributed by atoms with Crippen LogP contribution < -0.4 is 10.6 Å². The van der Waals surface area contributed by atoms with Crippen molar-refractivity contribution in [1.82, 2.24) is 4.98 Å². The fourth-order valence-corrected chi connectivity index (χ4v) is 2.30. The molecule has 1 atom stereocenters. The Morgan fingerprint density at radius 2 is 2.20 bits per heavy atom. The van der Waals surface area contributed by atoms with Gasteiger partial charge in [0.1, 0.15) is 5.82 Å². The molecule has 0 radical (unpaired) electrons. The van der Waals surface area contributed by atoms with Crippen LogP contribution in [-0.4, -0.2) is 34.0 Å². The van der Waals surface area contributed by atoms with Crippen molar-refractivity contribution in [2.75, 3.05) is 28.7 Å². The number of nitrogens with zero attached hydrogens (tertiary/aromatic N) is 2. The standard InChI is InChI=1S/C13H22N4O2S/c1-4-8-14-12-7-6-11(17(18)19)13(16-12)15-10(3)9-20-5-2/h6-7,10H,4-5,8-9H2,1-3H3,(H2,14,15,16). The molecule has 7 heteroatoms. The number of aromatic nitrogens is 1. The van der Waals surface area contributed by atoms with Gasteiger partial charge in [-0.3, -0.25) is 10.1 Å². The Morgan fingerprint density at radius 1 is 1.45 bits per heavy atom. The van der Waals surface area contributed by atoms with Crippen LogP contribution in [0.15, 0.2) is 12.1 Å². The predicted octanol–water partition coefficient (Wildman–Crippen LogP) is 3.37. The van der Waals surface area contributed by atoms with Gasteiger partial charge < -0.3 is 10.6 Å². The maximum absolute atomic E-state index is 11.0. The summed E-state index contributed by atoms with van der Waals surface area (Å²) >= 11 is 1.79. The summed E-state index contributed by atoms with van der Waals surface area (Å²) in [5.41, 5.74) is 0.0143. The average molecular weight is 298 g/mol. The molecule has 112 valence electrons. The molecule has 0 aromatic carbocycles. The van der Waals surface area contributed by atoms with Crippen LogP contribution in [0.1, 0.15) is 27.2 Å². The Bertz CT molecular complexity index is 442. The van der Waals surface area contributed by atoms with E-state index >= 15 is 0 Å². The summed E-state index contributed by atoms with van der Waals surface area (Å²) in [4.78, 5) is 14.9. The number of hydrogen-bond donors (Lipinski definition) is 2. The van der Waals surface area contributed by atoms with Gasteiger partial charge in [0, 0.05) is 24.4 Å². The number of rotatable bonds is 9. The molecule has 0 aliphatic carbocycles. The second-order valence-corrected chi connectivity index (χ2v) is 5.77. The van der Waals surface area contributed by atoms with E-state index in [1.54, 1.807) is 17.8 Å². The summed E-state index contributed by atoms with van der Waals surface area (Å²) in [6, 6.07) is 3.27. The van der Waals surface area contributed by atoms with E-state index in [1.165, 1.54) is 6.07 Å². The number of anilines is 2. The summed E-state index contributed by atoms with van der Waals surface area (Å²) in [6.45, 7) is 6.95. The fourth-order valence-electron chi connectivity index (χ4n) is 1.63. The molecule has 1 rings (SSSR count). The van der Waals surface area contributed by atoms with Crippen molar-refractivity contribution in [2.24, 2.45) is 0 Å². The Balaban J connectivity index is 2.85. The minimum Gasteiger partial charge on any atom is -0.370 e. The van der Waals surface area contributed by atoms with Crippen molar-refractivity contribution in [1.29, 1.82) is 0 Å². The van der Waals surface area contributed by atoms with Gasteiger partial charge in [0.2, 0.25) is 5.82 Å². The summed E-state index contributed by atoms with van der Waals surface area (Å²) in [5.74, 6) is 2.91. The van der Waals surface area contributed by atoms with Gasteiger partial charge in [-0.15, -0.1) is 0 Å². The normalized spacial score (nSPS) is 11.9. The second kappa shape index (κ2) is 8.63. The third-order valence-corrected chi connectivity index (χ3v) is 3.73. The molecule has 0 spiro atoms. The van der Waals surface area contributed by atoms with Crippen molar-refractivity contribution < 1.29 is 4.92 Å². The van der Waals surface area contributed by atoms with Crippen LogP contribution in [0.5, 0.6) is 0 Å². The number of thioether (sulfide) groups is 1. The molecule has 2 N–H and O–H groups in total. The topological polar surface area (TPSA) is 80.1 Å². The van der Waals surface area contributed by atoms with Gasteiger partial charge in [0.15, 0.2) is 0 Å².